The van der Waals surface area contributed by atoms with Crippen LogP contribution in [0.25, 0.3) is 10.2 Å². The van der Waals surface area contributed by atoms with Gasteiger partial charge < -0.3 is 10.2 Å². The van der Waals surface area contributed by atoms with Crippen LogP contribution in [0.3, 0.4) is 0 Å². The lowest BCUT2D eigenvalue weighted by Gasteiger charge is -2.19. The molecule has 4 rings (SSSR count). The van der Waals surface area contributed by atoms with E-state index in [9.17, 15) is 4.79 Å². The maximum Gasteiger partial charge on any atom is 0.264 e. The minimum atomic E-state index is 0.0909. The van der Waals surface area contributed by atoms with E-state index in [1.807, 2.05) is 18.9 Å². The van der Waals surface area contributed by atoms with Crippen LogP contribution in [0.1, 0.15) is 47.8 Å². The highest BCUT2D eigenvalue weighted by Gasteiger charge is 2.35. The molecule has 1 fully saturated rings. The lowest BCUT2D eigenvalue weighted by atomic mass is 9.93. The smallest absolute Gasteiger partial charge is 0.264 e. The first-order valence-corrected chi connectivity index (χ1v) is 10.8. The fourth-order valence-electron chi connectivity index (χ4n) is 4.44. The maximum absolute atomic E-state index is 12.9. The average Bonchev–Trinajstić information content (AvgIpc) is 3.38. The molecule has 0 spiro atoms. The van der Waals surface area contributed by atoms with Crippen molar-refractivity contribution in [1.29, 1.82) is 0 Å². The minimum absolute atomic E-state index is 0.0909. The molecular weight excluding hydrogens is 356 g/mol. The van der Waals surface area contributed by atoms with Crippen LogP contribution < -0.4 is 5.32 Å². The van der Waals surface area contributed by atoms with Gasteiger partial charge in [-0.1, -0.05) is 25.5 Å². The van der Waals surface area contributed by atoms with Crippen molar-refractivity contribution >= 4 is 33.3 Å². The molecule has 0 saturated heterocycles. The Morgan fingerprint density at radius 1 is 1.33 bits per heavy atom. The van der Waals surface area contributed by atoms with E-state index >= 15 is 0 Å². The molecule has 27 heavy (non-hydrogen) atoms. The number of allylic oxidation sites excluding steroid dienone is 2. The molecule has 0 aliphatic heterocycles. The quantitative estimate of drug-likeness (QED) is 0.714. The van der Waals surface area contributed by atoms with Gasteiger partial charge in [0.25, 0.3) is 5.91 Å². The van der Waals surface area contributed by atoms with Gasteiger partial charge in [0, 0.05) is 20.1 Å². The van der Waals surface area contributed by atoms with Gasteiger partial charge in [-0.05, 0) is 49.5 Å². The highest BCUT2D eigenvalue weighted by molar-refractivity contribution is 7.20. The number of amides is 1. The van der Waals surface area contributed by atoms with Crippen LogP contribution in [0.5, 0.6) is 0 Å². The van der Waals surface area contributed by atoms with Crippen molar-refractivity contribution in [2.45, 2.75) is 39.5 Å². The fraction of sp³-hybridized carbons (Fsp3) is 0.571. The van der Waals surface area contributed by atoms with Crippen LogP contribution in [0.15, 0.2) is 18.5 Å². The molecule has 144 valence electrons. The van der Waals surface area contributed by atoms with Gasteiger partial charge in [-0.2, -0.15) is 0 Å². The van der Waals surface area contributed by atoms with E-state index in [4.69, 9.17) is 0 Å². The Morgan fingerprint density at radius 3 is 2.89 bits per heavy atom. The Labute approximate surface area is 164 Å². The number of carbonyl (C=O) groups excluding carboxylic acids is 1. The topological polar surface area (TPSA) is 58.1 Å². The molecule has 1 saturated carbocycles. The summed E-state index contributed by atoms with van der Waals surface area (Å²) in [5.74, 6) is 3.14. The van der Waals surface area contributed by atoms with E-state index in [2.05, 4.69) is 34.4 Å². The summed E-state index contributed by atoms with van der Waals surface area (Å²) in [6, 6.07) is 0. The van der Waals surface area contributed by atoms with Crippen LogP contribution >= 0.6 is 11.3 Å². The van der Waals surface area contributed by atoms with Crippen LogP contribution in [-0.2, 0) is 0 Å². The van der Waals surface area contributed by atoms with E-state index in [1.54, 1.807) is 6.33 Å². The molecule has 3 atom stereocenters. The average molecular weight is 385 g/mol. The summed E-state index contributed by atoms with van der Waals surface area (Å²) in [7, 11) is 1.88. The number of rotatable bonds is 7. The monoisotopic (exact) mass is 384 g/mol. The number of hydrogen-bond donors (Lipinski definition) is 1. The van der Waals surface area contributed by atoms with E-state index in [0.29, 0.717) is 11.8 Å². The predicted octanol–water partition coefficient (Wildman–Crippen LogP) is 4.50. The van der Waals surface area contributed by atoms with Crippen LogP contribution in [-0.4, -0.2) is 40.9 Å². The lowest BCUT2D eigenvalue weighted by Crippen LogP contribution is -2.27. The maximum atomic E-state index is 12.9. The molecule has 2 aliphatic carbocycles. The van der Waals surface area contributed by atoms with Crippen molar-refractivity contribution < 1.29 is 4.79 Å². The Balaban J connectivity index is 1.54. The Hall–Kier alpha value is -1.95. The van der Waals surface area contributed by atoms with Crippen molar-refractivity contribution in [2.24, 2.45) is 17.8 Å². The van der Waals surface area contributed by atoms with Crippen molar-refractivity contribution in [2.75, 3.05) is 25.5 Å². The summed E-state index contributed by atoms with van der Waals surface area (Å²) >= 11 is 1.48. The zero-order valence-corrected chi connectivity index (χ0v) is 17.2. The number of nitrogens with one attached hydrogen (secondary N) is 1. The molecular formula is C21H28N4OS. The van der Waals surface area contributed by atoms with Crippen LogP contribution in [0.4, 0.5) is 5.82 Å². The van der Waals surface area contributed by atoms with Crippen molar-refractivity contribution in [3.8, 4) is 0 Å². The number of anilines is 1. The number of carbonyl (C=O) groups is 1. The second-order valence-electron chi connectivity index (χ2n) is 7.96. The number of hydrogen-bond acceptors (Lipinski definition) is 5. The van der Waals surface area contributed by atoms with Gasteiger partial charge in [0.1, 0.15) is 17.0 Å². The van der Waals surface area contributed by atoms with Crippen LogP contribution in [0, 0.1) is 24.7 Å². The highest BCUT2D eigenvalue weighted by Crippen LogP contribution is 2.43. The van der Waals surface area contributed by atoms with E-state index in [1.165, 1.54) is 24.2 Å². The molecule has 5 nitrogen and oxygen atoms in total. The number of aromatic nitrogens is 2. The van der Waals surface area contributed by atoms with Gasteiger partial charge in [0.05, 0.1) is 10.3 Å². The number of unbranched alkanes of at least 4 members (excludes halogenated alkanes) is 1. The van der Waals surface area contributed by atoms with E-state index in [-0.39, 0.29) is 5.91 Å². The van der Waals surface area contributed by atoms with Gasteiger partial charge in [0.2, 0.25) is 0 Å². The van der Waals surface area contributed by atoms with Crippen LogP contribution in [0.2, 0.25) is 0 Å². The molecule has 0 radical (unpaired) electrons. The predicted molar refractivity (Wildman–Crippen MR) is 111 cm³/mol. The Kier molecular flexibility index (Phi) is 5.17. The van der Waals surface area contributed by atoms with Crippen molar-refractivity contribution in [3.63, 3.8) is 0 Å². The first-order chi connectivity index (χ1) is 13.1. The first-order valence-electron chi connectivity index (χ1n) is 10.00. The standard InChI is InChI=1S/C21H28N4OS/c1-4-5-8-25(3)21(26)18-13(2)17-19(23-12-24-20(17)27-18)22-11-16-10-14-6-7-15(16)9-14/h6-7,12,14-16H,4-5,8-11H2,1-3H3,(H,22,23,24)/t14-,15+,16-/m1/s1. The number of thiophene rings is 1. The molecule has 2 aromatic heterocycles. The highest BCUT2D eigenvalue weighted by atomic mass is 32.1. The van der Waals surface area contributed by atoms with Gasteiger partial charge >= 0.3 is 0 Å². The summed E-state index contributed by atoms with van der Waals surface area (Å²) in [6.45, 7) is 5.89. The van der Waals surface area contributed by atoms with Crippen molar-refractivity contribution in [1.82, 2.24) is 14.9 Å². The minimum Gasteiger partial charge on any atom is -0.369 e. The van der Waals surface area contributed by atoms with E-state index < -0.39 is 0 Å². The molecule has 2 bridgehead atoms. The zero-order chi connectivity index (χ0) is 19.0. The zero-order valence-electron chi connectivity index (χ0n) is 16.4. The van der Waals surface area contributed by atoms with Gasteiger partial charge in [-0.15, -0.1) is 11.3 Å². The largest absolute Gasteiger partial charge is 0.369 e. The summed E-state index contributed by atoms with van der Waals surface area (Å²) in [5, 5.41) is 4.58. The number of fused-ring (bicyclic) bond motifs is 3. The molecule has 6 heteroatoms. The normalized spacial score (nSPS) is 23.3. The molecule has 2 aliphatic rings. The summed E-state index contributed by atoms with van der Waals surface area (Å²) in [5.41, 5.74) is 0.999. The third kappa shape index (κ3) is 3.47. The number of nitrogens with zero attached hydrogens (tertiary/aromatic N) is 3. The molecule has 0 unspecified atom stereocenters. The second kappa shape index (κ2) is 7.58. The third-order valence-corrected chi connectivity index (χ3v) is 7.25. The summed E-state index contributed by atoms with van der Waals surface area (Å²) in [6.07, 6.45) is 11.1. The lowest BCUT2D eigenvalue weighted by molar-refractivity contribution is 0.0797. The Morgan fingerprint density at radius 2 is 2.19 bits per heavy atom. The van der Waals surface area contributed by atoms with E-state index in [0.717, 1.165) is 58.3 Å². The van der Waals surface area contributed by atoms with Gasteiger partial charge in [-0.25, -0.2) is 9.97 Å². The van der Waals surface area contributed by atoms with Crippen molar-refractivity contribution in [3.05, 3.63) is 28.9 Å². The second-order valence-corrected chi connectivity index (χ2v) is 8.96. The first kappa shape index (κ1) is 18.4. The van der Waals surface area contributed by atoms with Gasteiger partial charge in [0.15, 0.2) is 0 Å². The van der Waals surface area contributed by atoms with Gasteiger partial charge in [-0.3, -0.25) is 4.79 Å². The Bertz CT molecular complexity index is 874. The third-order valence-electron chi connectivity index (χ3n) is 6.06. The molecule has 1 amide bonds. The summed E-state index contributed by atoms with van der Waals surface area (Å²) < 4.78 is 0. The number of aryl methyl sites for hydroxylation is 1. The molecule has 2 heterocycles. The fourth-order valence-corrected chi connectivity index (χ4v) is 5.58. The summed E-state index contributed by atoms with van der Waals surface area (Å²) in [4.78, 5) is 25.3. The molecule has 2 aromatic rings. The molecule has 0 aromatic carbocycles. The molecule has 1 N–H and O–H groups in total. The SMILES string of the molecule is CCCCN(C)C(=O)c1sc2ncnc(NC[C@H]3C[C@@H]4C=C[C@H]3C4)c2c1C.